The summed E-state index contributed by atoms with van der Waals surface area (Å²) < 4.78 is 10.6. The summed E-state index contributed by atoms with van der Waals surface area (Å²) in [5.41, 5.74) is 14.7. The van der Waals surface area contributed by atoms with Crippen molar-refractivity contribution in [2.24, 2.45) is 0 Å². The van der Waals surface area contributed by atoms with Crippen molar-refractivity contribution in [3.05, 3.63) is 175 Å². The van der Waals surface area contributed by atoms with E-state index in [9.17, 15) is 0 Å². The lowest BCUT2D eigenvalue weighted by Crippen LogP contribution is -2.46. The fourth-order valence-corrected chi connectivity index (χ4v) is 9.88. The maximum absolute atomic E-state index is 7.08. The Balaban J connectivity index is 1.11. The number of hydrogen-bond donors (Lipinski definition) is 0. The second kappa shape index (κ2) is 13.7. The quantitative estimate of drug-likeness (QED) is 0.0948. The van der Waals surface area contributed by atoms with E-state index in [1.807, 2.05) is 6.20 Å². The van der Waals surface area contributed by atoms with E-state index in [4.69, 9.17) is 9.72 Å². The summed E-state index contributed by atoms with van der Waals surface area (Å²) in [4.78, 5) is 5.00. The molecule has 1 unspecified atom stereocenters. The highest BCUT2D eigenvalue weighted by Gasteiger charge is 2.78. The monoisotopic (exact) mass is 829 g/mol. The van der Waals surface area contributed by atoms with Crippen LogP contribution in [0.5, 0.6) is 11.5 Å². The van der Waals surface area contributed by atoms with E-state index in [1.165, 1.54) is 66.9 Å². The Morgan fingerprint density at radius 1 is 0.476 bits per heavy atom. The number of hydrogen-bond acceptors (Lipinski definition) is 2. The third-order valence-corrected chi connectivity index (χ3v) is 13.5. The van der Waals surface area contributed by atoms with Crippen molar-refractivity contribution in [1.29, 1.82) is 0 Å². The fraction of sp³-hybridized carbons (Fsp3) is 0.276. The number of rotatable bonds is 6. The van der Waals surface area contributed by atoms with Crippen molar-refractivity contribution in [3.8, 4) is 28.4 Å². The molecule has 5 heteroatoms. The molecule has 1 saturated heterocycles. The van der Waals surface area contributed by atoms with Gasteiger partial charge in [0.1, 0.15) is 17.3 Å². The van der Waals surface area contributed by atoms with Gasteiger partial charge in [-0.3, -0.25) is 4.57 Å². The van der Waals surface area contributed by atoms with Crippen LogP contribution >= 0.6 is 0 Å². The van der Waals surface area contributed by atoms with E-state index in [-0.39, 0.29) is 21.7 Å². The zero-order valence-corrected chi connectivity index (χ0v) is 39.1. The molecule has 0 N–H and O–H groups in total. The molecule has 0 aliphatic carbocycles. The molecule has 4 heterocycles. The Morgan fingerprint density at radius 3 is 1.73 bits per heavy atom. The van der Waals surface area contributed by atoms with Gasteiger partial charge in [0.05, 0.1) is 11.0 Å². The van der Waals surface area contributed by atoms with Gasteiger partial charge in [-0.05, 0) is 97.5 Å². The number of pyridine rings is 1. The predicted octanol–water partition coefficient (Wildman–Crippen LogP) is 16.2. The first-order valence-corrected chi connectivity index (χ1v) is 22.6. The minimum Gasteiger partial charge on any atom is -0.457 e. The van der Waals surface area contributed by atoms with Crippen molar-refractivity contribution >= 4 is 44.6 Å². The molecule has 0 radical (unpaired) electrons. The lowest BCUT2D eigenvalue weighted by atomic mass is 9.81. The van der Waals surface area contributed by atoms with Crippen LogP contribution in [0.15, 0.2) is 146 Å². The van der Waals surface area contributed by atoms with Gasteiger partial charge in [-0.1, -0.05) is 138 Å². The zero-order chi connectivity index (χ0) is 44.5. The van der Waals surface area contributed by atoms with Crippen LogP contribution in [0, 0.1) is 6.67 Å². The molecule has 0 spiro atoms. The van der Waals surface area contributed by atoms with Gasteiger partial charge in [-0.15, -0.1) is 0 Å². The lowest BCUT2D eigenvalue weighted by molar-refractivity contribution is 0.421. The first-order chi connectivity index (χ1) is 29.7. The Labute approximate surface area is 374 Å². The van der Waals surface area contributed by atoms with Gasteiger partial charge in [0.15, 0.2) is 18.0 Å². The van der Waals surface area contributed by atoms with Crippen LogP contribution in [0.3, 0.4) is 0 Å². The van der Waals surface area contributed by atoms with Gasteiger partial charge in [-0.2, -0.15) is 9.18 Å². The van der Waals surface area contributed by atoms with E-state index >= 15 is 0 Å². The van der Waals surface area contributed by atoms with Crippen LogP contribution in [0.2, 0.25) is 0 Å². The van der Waals surface area contributed by atoms with Gasteiger partial charge in [0.2, 0.25) is 11.4 Å². The van der Waals surface area contributed by atoms with Crippen molar-refractivity contribution in [1.82, 2.24) is 18.7 Å². The Bertz CT molecular complexity index is 3110. The summed E-state index contributed by atoms with van der Waals surface area (Å²) in [6.45, 7) is 29.9. The molecule has 5 nitrogen and oxygen atoms in total. The molecule has 0 bridgehead atoms. The number of para-hydroxylation sites is 2. The van der Waals surface area contributed by atoms with Gasteiger partial charge in [-0.25, -0.2) is 4.98 Å². The number of aromatic nitrogens is 2. The first kappa shape index (κ1) is 41.0. The maximum atomic E-state index is 7.08. The molecule has 0 saturated carbocycles. The molecule has 2 atom stereocenters. The largest absolute Gasteiger partial charge is 0.457 e. The summed E-state index contributed by atoms with van der Waals surface area (Å²) in [5, 5.41) is 2.38. The first-order valence-electron chi connectivity index (χ1n) is 22.6. The van der Waals surface area contributed by atoms with Crippen LogP contribution in [-0.4, -0.2) is 9.55 Å². The van der Waals surface area contributed by atoms with Crippen molar-refractivity contribution in [3.63, 3.8) is 0 Å². The van der Waals surface area contributed by atoms with E-state index in [0.29, 0.717) is 9.18 Å². The standard InChI is InChI=1S/C58H61N4O/c1-55(2,3)39-22-25-47-48-27-24-44(36-51(48)60(50(47)32-39)54-33-40(28-29-59-54)56(4,5)6)63-45-31-41(57(7,8)9)30-43(34-45)62-37-61(62,52-20-16-17-21-53(52)62)42-23-26-46(38-18-14-13-15-19-38)49(35-42)58(10,11)12/h13-37H,1-12H3/q+1/t61-,62?/m0/s1. The lowest BCUT2D eigenvalue weighted by Gasteiger charge is -2.40. The van der Waals surface area contributed by atoms with Crippen LogP contribution < -0.4 is 13.9 Å². The minimum atomic E-state index is -0.121. The van der Waals surface area contributed by atoms with E-state index in [0.717, 1.165) is 28.4 Å². The summed E-state index contributed by atoms with van der Waals surface area (Å²) in [6.07, 6.45) is 1.95. The third-order valence-electron chi connectivity index (χ3n) is 13.5. The highest BCUT2D eigenvalue weighted by atomic mass is 16.5. The van der Waals surface area contributed by atoms with E-state index in [2.05, 4.69) is 234 Å². The Morgan fingerprint density at radius 2 is 1.08 bits per heavy atom. The summed E-state index contributed by atoms with van der Waals surface area (Å²) >= 11 is 0. The Hall–Kier alpha value is -6.01. The van der Waals surface area contributed by atoms with Gasteiger partial charge in [0, 0.05) is 59.4 Å². The normalized spacial score (nSPS) is 18.5. The van der Waals surface area contributed by atoms with Gasteiger partial charge >= 0.3 is 0 Å². The third kappa shape index (κ3) is 6.46. The molecule has 318 valence electrons. The van der Waals surface area contributed by atoms with Gasteiger partial charge in [0.25, 0.3) is 0 Å². The molecule has 0 amide bonds. The average Bonchev–Trinajstić information content (AvgIpc) is 3.73. The van der Waals surface area contributed by atoms with Crippen LogP contribution in [0.4, 0.5) is 22.7 Å². The van der Waals surface area contributed by atoms with Crippen LogP contribution in [-0.2, 0) is 21.7 Å². The summed E-state index contributed by atoms with van der Waals surface area (Å²) in [7, 11) is 0. The molecular formula is C58H61N4O+. The second-order valence-corrected chi connectivity index (χ2v) is 22.0. The number of fused-ring (bicyclic) bond motifs is 7. The number of quaternary nitrogens is 2. The SMILES string of the molecule is CC(C)(C)c1cc(Oc2ccc3c4ccc(C(C)(C)C)cc4n(-c4cc(C(C)(C)C)ccn4)c3c2)cc([N+]23[CH-][N@+]2(c2ccc(-c4ccccc4)c(C(C)(C)C)c2)c2ccccc23)c1. The van der Waals surface area contributed by atoms with Crippen molar-refractivity contribution in [2.75, 3.05) is 0 Å². The topological polar surface area (TPSA) is 27.1 Å². The Kier molecular flexibility index (Phi) is 8.95. The predicted molar refractivity (Wildman–Crippen MR) is 265 cm³/mol. The number of benzene rings is 6. The minimum absolute atomic E-state index is 0.00500. The number of ether oxygens (including phenoxy) is 1. The molecule has 8 aromatic rings. The van der Waals surface area contributed by atoms with Gasteiger partial charge < -0.3 is 4.74 Å². The van der Waals surface area contributed by atoms with Crippen LogP contribution in [0.25, 0.3) is 38.8 Å². The molecule has 2 aromatic heterocycles. The molecule has 10 rings (SSSR count). The molecular weight excluding hydrogens is 769 g/mol. The maximum Gasteiger partial charge on any atom is 0.225 e. The molecule has 2 aliphatic rings. The highest BCUT2D eigenvalue weighted by Crippen LogP contribution is 2.75. The molecule has 2 aliphatic heterocycles. The van der Waals surface area contributed by atoms with Crippen molar-refractivity contribution in [2.45, 2.75) is 105 Å². The van der Waals surface area contributed by atoms with Crippen molar-refractivity contribution < 1.29 is 4.74 Å². The summed E-state index contributed by atoms with van der Waals surface area (Å²) in [5.74, 6) is 2.53. The molecule has 63 heavy (non-hydrogen) atoms. The van der Waals surface area contributed by atoms with E-state index in [1.54, 1.807) is 0 Å². The average molecular weight is 830 g/mol. The highest BCUT2D eigenvalue weighted by molar-refractivity contribution is 6.09. The smallest absolute Gasteiger partial charge is 0.225 e. The number of nitrogens with zero attached hydrogens (tertiary/aromatic N) is 4. The van der Waals surface area contributed by atoms with E-state index < -0.39 is 0 Å². The molecule has 1 fully saturated rings. The fourth-order valence-electron chi connectivity index (χ4n) is 9.88. The zero-order valence-electron chi connectivity index (χ0n) is 39.1. The van der Waals surface area contributed by atoms with Crippen LogP contribution in [0.1, 0.15) is 105 Å². The summed E-state index contributed by atoms with van der Waals surface area (Å²) in [6, 6.07) is 51.7. The molecule has 6 aromatic carbocycles. The second-order valence-electron chi connectivity index (χ2n) is 22.0.